The lowest BCUT2D eigenvalue weighted by atomic mass is 10.2. The molecule has 2 aromatic heterocycles. The van der Waals surface area contributed by atoms with Crippen molar-refractivity contribution in [3.63, 3.8) is 0 Å². The number of aryl methyl sites for hydroxylation is 1. The van der Waals surface area contributed by atoms with Crippen molar-refractivity contribution in [2.24, 2.45) is 0 Å². The number of thiocarbonyl (C=S) groups is 1. The number of nitrogens with one attached hydrogen (secondary N) is 1. The van der Waals surface area contributed by atoms with E-state index in [1.54, 1.807) is 18.3 Å². The van der Waals surface area contributed by atoms with Gasteiger partial charge < -0.3 is 14.8 Å². The molecule has 8 nitrogen and oxygen atoms in total. The number of pyridine rings is 1. The van der Waals surface area contributed by atoms with Crippen LogP contribution in [0.5, 0.6) is 11.5 Å². The van der Waals surface area contributed by atoms with Crippen molar-refractivity contribution < 1.29 is 14.3 Å². The van der Waals surface area contributed by atoms with Crippen molar-refractivity contribution in [1.29, 1.82) is 0 Å². The molecule has 1 saturated heterocycles. The molecule has 0 unspecified atom stereocenters. The van der Waals surface area contributed by atoms with E-state index in [2.05, 4.69) is 5.32 Å². The smallest absolute Gasteiger partial charge is 0.267 e. The van der Waals surface area contributed by atoms with Crippen molar-refractivity contribution in [2.75, 3.05) is 18.7 Å². The molecular weight excluding hydrogens is 472 g/mol. The molecule has 1 aromatic carbocycles. The van der Waals surface area contributed by atoms with Gasteiger partial charge in [-0.1, -0.05) is 43.0 Å². The van der Waals surface area contributed by atoms with Crippen molar-refractivity contribution in [2.45, 2.75) is 26.8 Å². The SMILES string of the molecule is CCCNc1nc2c(C)cccn2c(=O)c1/C=C1\SC(=S)N(Cc2ccc3c(c2)OCO3)C1=O. The Labute approximate surface area is 205 Å². The fourth-order valence-corrected chi connectivity index (χ4v) is 5.05. The first-order chi connectivity index (χ1) is 16.5. The van der Waals surface area contributed by atoms with Gasteiger partial charge >= 0.3 is 0 Å². The molecule has 0 radical (unpaired) electrons. The largest absolute Gasteiger partial charge is 0.454 e. The molecule has 2 aliphatic heterocycles. The number of carbonyl (C=O) groups is 1. The minimum Gasteiger partial charge on any atom is -0.454 e. The third kappa shape index (κ3) is 4.03. The van der Waals surface area contributed by atoms with Gasteiger partial charge in [-0.2, -0.15) is 0 Å². The van der Waals surface area contributed by atoms with Crippen molar-refractivity contribution in [1.82, 2.24) is 14.3 Å². The molecular formula is C24H22N4O4S2. The van der Waals surface area contributed by atoms with E-state index in [-0.39, 0.29) is 18.3 Å². The Morgan fingerprint density at radius 2 is 2.06 bits per heavy atom. The number of amides is 1. The fourth-order valence-electron chi connectivity index (χ4n) is 3.81. The third-order valence-electron chi connectivity index (χ3n) is 5.55. The minimum absolute atomic E-state index is 0.186. The molecule has 3 aromatic rings. The zero-order valence-corrected chi connectivity index (χ0v) is 20.3. The maximum atomic E-state index is 13.4. The van der Waals surface area contributed by atoms with Gasteiger partial charge in [-0.15, -0.1) is 0 Å². The Morgan fingerprint density at radius 3 is 2.88 bits per heavy atom. The average Bonchev–Trinajstić information content (AvgIpc) is 3.40. The van der Waals surface area contributed by atoms with Crippen LogP contribution in [-0.4, -0.2) is 37.8 Å². The normalized spacial score (nSPS) is 16.2. The van der Waals surface area contributed by atoms with Crippen LogP contribution in [0.2, 0.25) is 0 Å². The van der Waals surface area contributed by atoms with Gasteiger partial charge in [-0.05, 0) is 48.7 Å². The van der Waals surface area contributed by atoms with Crippen LogP contribution in [0.3, 0.4) is 0 Å². The molecule has 0 bridgehead atoms. The zero-order chi connectivity index (χ0) is 23.8. The number of benzene rings is 1. The molecule has 1 fully saturated rings. The number of carbonyl (C=O) groups excluding carboxylic acids is 1. The fraction of sp³-hybridized carbons (Fsp3) is 0.250. The highest BCUT2D eigenvalue weighted by Crippen LogP contribution is 2.36. The topological polar surface area (TPSA) is 85.2 Å². The van der Waals surface area contributed by atoms with E-state index < -0.39 is 0 Å². The highest BCUT2D eigenvalue weighted by molar-refractivity contribution is 8.26. The Balaban J connectivity index is 1.50. The Hall–Kier alpha value is -3.37. The third-order valence-corrected chi connectivity index (χ3v) is 6.93. The molecule has 4 heterocycles. The van der Waals surface area contributed by atoms with Crippen LogP contribution in [0.25, 0.3) is 11.7 Å². The van der Waals surface area contributed by atoms with E-state index in [1.165, 1.54) is 21.1 Å². The summed E-state index contributed by atoms with van der Waals surface area (Å²) in [5.41, 5.74) is 2.43. The summed E-state index contributed by atoms with van der Waals surface area (Å²) < 4.78 is 12.7. The number of ether oxygens (including phenoxy) is 2. The molecule has 0 saturated carbocycles. The molecule has 174 valence electrons. The summed E-state index contributed by atoms with van der Waals surface area (Å²) in [6, 6.07) is 9.26. The summed E-state index contributed by atoms with van der Waals surface area (Å²) in [4.78, 5) is 33.2. The summed E-state index contributed by atoms with van der Waals surface area (Å²) >= 11 is 6.68. The van der Waals surface area contributed by atoms with Gasteiger partial charge in [0.15, 0.2) is 11.5 Å². The number of hydrogen-bond donors (Lipinski definition) is 1. The number of fused-ring (bicyclic) bond motifs is 2. The summed E-state index contributed by atoms with van der Waals surface area (Å²) in [6.07, 6.45) is 4.15. The van der Waals surface area contributed by atoms with E-state index in [0.29, 0.717) is 50.8 Å². The van der Waals surface area contributed by atoms with Crippen LogP contribution in [0, 0.1) is 6.92 Å². The predicted molar refractivity (Wildman–Crippen MR) is 136 cm³/mol. The van der Waals surface area contributed by atoms with Gasteiger partial charge in [-0.25, -0.2) is 4.98 Å². The van der Waals surface area contributed by atoms with Crippen molar-refractivity contribution >= 4 is 51.7 Å². The first-order valence-electron chi connectivity index (χ1n) is 10.9. The maximum absolute atomic E-state index is 13.4. The molecule has 1 amide bonds. The summed E-state index contributed by atoms with van der Waals surface area (Å²) in [7, 11) is 0. The van der Waals surface area contributed by atoms with Crippen LogP contribution in [0.1, 0.15) is 30.0 Å². The molecule has 1 N–H and O–H groups in total. The second-order valence-corrected chi connectivity index (χ2v) is 9.62. The van der Waals surface area contributed by atoms with Crippen LogP contribution in [0.4, 0.5) is 5.82 Å². The van der Waals surface area contributed by atoms with Crippen LogP contribution in [0.15, 0.2) is 46.2 Å². The Kier molecular flexibility index (Phi) is 6.01. The van der Waals surface area contributed by atoms with Gasteiger partial charge in [0.05, 0.1) is 17.0 Å². The Morgan fingerprint density at radius 1 is 1.24 bits per heavy atom. The van der Waals surface area contributed by atoms with E-state index in [1.807, 2.05) is 38.1 Å². The quantitative estimate of drug-likeness (QED) is 0.407. The first kappa shape index (κ1) is 22.4. The minimum atomic E-state index is -0.247. The van der Waals surface area contributed by atoms with Gasteiger partial charge in [0.2, 0.25) is 6.79 Å². The lowest BCUT2D eigenvalue weighted by molar-refractivity contribution is -0.122. The predicted octanol–water partition coefficient (Wildman–Crippen LogP) is 3.95. The van der Waals surface area contributed by atoms with Crippen molar-refractivity contribution in [3.8, 4) is 11.5 Å². The number of rotatable bonds is 6. The number of thioether (sulfide) groups is 1. The molecule has 0 spiro atoms. The standard InChI is InChI=1S/C24H22N4O4S2/c1-3-8-25-20-16(22(29)27-9-4-5-14(2)21(27)26-20)11-19-23(30)28(24(33)34-19)12-15-6-7-17-18(10-15)32-13-31-17/h4-7,9-11,25H,3,8,12-13H2,1-2H3/b19-11-. The molecule has 10 heteroatoms. The van der Waals surface area contributed by atoms with E-state index in [9.17, 15) is 9.59 Å². The van der Waals surface area contributed by atoms with E-state index in [0.717, 1.165) is 17.5 Å². The molecule has 2 aliphatic rings. The monoisotopic (exact) mass is 494 g/mol. The molecule has 0 atom stereocenters. The average molecular weight is 495 g/mol. The summed E-state index contributed by atoms with van der Waals surface area (Å²) in [5, 5.41) is 3.24. The number of aromatic nitrogens is 2. The highest BCUT2D eigenvalue weighted by Gasteiger charge is 2.33. The van der Waals surface area contributed by atoms with Gasteiger partial charge in [0, 0.05) is 12.7 Å². The molecule has 34 heavy (non-hydrogen) atoms. The van der Waals surface area contributed by atoms with Crippen molar-refractivity contribution in [3.05, 3.63) is 68.5 Å². The van der Waals surface area contributed by atoms with Gasteiger partial charge in [-0.3, -0.25) is 18.9 Å². The zero-order valence-electron chi connectivity index (χ0n) is 18.7. The summed E-state index contributed by atoms with van der Waals surface area (Å²) in [6.45, 7) is 5.08. The van der Waals surface area contributed by atoms with Crippen LogP contribution >= 0.6 is 24.0 Å². The lowest BCUT2D eigenvalue weighted by Crippen LogP contribution is -2.27. The Bertz CT molecular complexity index is 1420. The molecule has 5 rings (SSSR count). The number of hydrogen-bond acceptors (Lipinski definition) is 8. The van der Waals surface area contributed by atoms with E-state index in [4.69, 9.17) is 26.7 Å². The van der Waals surface area contributed by atoms with Gasteiger partial charge in [0.1, 0.15) is 15.8 Å². The lowest BCUT2D eigenvalue weighted by Gasteiger charge is -2.15. The highest BCUT2D eigenvalue weighted by atomic mass is 32.2. The van der Waals surface area contributed by atoms with Crippen LogP contribution < -0.4 is 20.3 Å². The maximum Gasteiger partial charge on any atom is 0.267 e. The molecule has 0 aliphatic carbocycles. The summed E-state index contributed by atoms with van der Waals surface area (Å²) in [5.74, 6) is 1.54. The van der Waals surface area contributed by atoms with E-state index >= 15 is 0 Å². The first-order valence-corrected chi connectivity index (χ1v) is 12.1. The second-order valence-electron chi connectivity index (χ2n) is 7.95. The number of anilines is 1. The van der Waals surface area contributed by atoms with Crippen LogP contribution in [-0.2, 0) is 11.3 Å². The number of nitrogens with zero attached hydrogens (tertiary/aromatic N) is 3. The van der Waals surface area contributed by atoms with Gasteiger partial charge in [0.25, 0.3) is 11.5 Å². The second kappa shape index (κ2) is 9.11.